The van der Waals surface area contributed by atoms with Gasteiger partial charge in [-0.1, -0.05) is 44.2 Å². The lowest BCUT2D eigenvalue weighted by Crippen LogP contribution is -2.40. The molecule has 0 radical (unpaired) electrons. The molecule has 0 heterocycles. The summed E-state index contributed by atoms with van der Waals surface area (Å²) in [5.41, 5.74) is 9.56. The summed E-state index contributed by atoms with van der Waals surface area (Å²) in [6, 6.07) is 10.6. The van der Waals surface area contributed by atoms with Crippen LogP contribution in [-0.2, 0) is 10.8 Å². The monoisotopic (exact) mass is 444 g/mol. The number of benzene rings is 3. The highest BCUT2D eigenvalue weighted by atomic mass is 16.3. The van der Waals surface area contributed by atoms with Crippen LogP contribution in [0.5, 0.6) is 17.2 Å². The van der Waals surface area contributed by atoms with Crippen molar-refractivity contribution in [2.24, 2.45) is 0 Å². The molecule has 1 aliphatic carbocycles. The van der Waals surface area contributed by atoms with Crippen LogP contribution in [0.2, 0.25) is 0 Å². The maximum absolute atomic E-state index is 11.0. The van der Waals surface area contributed by atoms with E-state index in [1.807, 2.05) is 41.5 Å². The van der Waals surface area contributed by atoms with Gasteiger partial charge in [-0.15, -0.1) is 0 Å². The fraction of sp³-hybridized carbons (Fsp3) is 0.400. The van der Waals surface area contributed by atoms with Gasteiger partial charge in [-0.3, -0.25) is 0 Å². The Bertz CT molecular complexity index is 1240. The van der Waals surface area contributed by atoms with Crippen molar-refractivity contribution in [2.75, 3.05) is 0 Å². The highest BCUT2D eigenvalue weighted by Gasteiger charge is 2.46. The highest BCUT2D eigenvalue weighted by Crippen LogP contribution is 2.55. The molecule has 0 saturated carbocycles. The molecule has 2 unspecified atom stereocenters. The first kappa shape index (κ1) is 23.2. The van der Waals surface area contributed by atoms with Crippen LogP contribution in [0.1, 0.15) is 82.3 Å². The second-order valence-electron chi connectivity index (χ2n) is 10.7. The van der Waals surface area contributed by atoms with E-state index in [9.17, 15) is 15.3 Å². The Morgan fingerprint density at radius 2 is 0.909 bits per heavy atom. The molecule has 4 rings (SSSR count). The largest absolute Gasteiger partial charge is 0.507 e. The average Bonchev–Trinajstić information content (AvgIpc) is 2.76. The smallest absolute Gasteiger partial charge is 0.121 e. The van der Waals surface area contributed by atoms with Crippen LogP contribution in [0.3, 0.4) is 0 Å². The minimum atomic E-state index is -0.297. The first-order valence-electron chi connectivity index (χ1n) is 11.8. The minimum absolute atomic E-state index is 0.248. The van der Waals surface area contributed by atoms with Gasteiger partial charge in [-0.05, 0) is 110 Å². The van der Waals surface area contributed by atoms with Crippen molar-refractivity contribution in [3.63, 3.8) is 0 Å². The zero-order valence-electron chi connectivity index (χ0n) is 21.1. The van der Waals surface area contributed by atoms with Crippen LogP contribution >= 0.6 is 0 Å². The van der Waals surface area contributed by atoms with Crippen molar-refractivity contribution < 1.29 is 15.3 Å². The van der Waals surface area contributed by atoms with Gasteiger partial charge in [0.15, 0.2) is 0 Å². The van der Waals surface area contributed by atoms with E-state index in [1.54, 1.807) is 0 Å². The third kappa shape index (κ3) is 3.32. The predicted octanol–water partition coefficient (Wildman–Crippen LogP) is 7.06. The molecule has 3 nitrogen and oxygen atoms in total. The summed E-state index contributed by atoms with van der Waals surface area (Å²) in [4.78, 5) is 0. The number of hydrogen-bond donors (Lipinski definition) is 3. The van der Waals surface area contributed by atoms with E-state index in [-0.39, 0.29) is 10.8 Å². The molecule has 0 bridgehead atoms. The van der Waals surface area contributed by atoms with Gasteiger partial charge in [0.2, 0.25) is 0 Å². The molecule has 174 valence electrons. The Hall–Kier alpha value is -2.94. The van der Waals surface area contributed by atoms with Crippen molar-refractivity contribution in [3.8, 4) is 17.2 Å². The van der Waals surface area contributed by atoms with Crippen molar-refractivity contribution in [3.05, 3.63) is 86.0 Å². The summed E-state index contributed by atoms with van der Waals surface area (Å²) in [7, 11) is 0. The van der Waals surface area contributed by atoms with Crippen LogP contribution in [-0.4, -0.2) is 15.3 Å². The standard InChI is InChI=1S/C30H36O3/c1-16-11-22(12-17(2)26(16)31)29(7)9-10-30(8,23-13-18(3)27(32)19(4)14-23)25-21(6)28(33)20(5)15-24(25)29/h11-15,31-33H,9-10H2,1-8H3. The second-order valence-corrected chi connectivity index (χ2v) is 10.7. The fourth-order valence-electron chi connectivity index (χ4n) is 6.02. The summed E-state index contributed by atoms with van der Waals surface area (Å²) in [6.45, 7) is 16.4. The number of aryl methyl sites for hydroxylation is 5. The molecular weight excluding hydrogens is 408 g/mol. The van der Waals surface area contributed by atoms with Gasteiger partial charge < -0.3 is 15.3 Å². The van der Waals surface area contributed by atoms with Crippen molar-refractivity contribution >= 4 is 0 Å². The molecule has 1 aliphatic rings. The lowest BCUT2D eigenvalue weighted by Gasteiger charge is -2.47. The lowest BCUT2D eigenvalue weighted by atomic mass is 9.56. The third-order valence-corrected chi connectivity index (χ3v) is 8.26. The average molecular weight is 445 g/mol. The van der Waals surface area contributed by atoms with Crippen molar-refractivity contribution in [2.45, 2.75) is 79.1 Å². The number of aromatic hydroxyl groups is 3. The molecule has 0 spiro atoms. The summed E-state index contributed by atoms with van der Waals surface area (Å²) in [6.07, 6.45) is 1.84. The molecule has 2 atom stereocenters. The van der Waals surface area contributed by atoms with Gasteiger partial charge in [-0.25, -0.2) is 0 Å². The summed E-state index contributed by atoms with van der Waals surface area (Å²) in [5, 5.41) is 31.8. The van der Waals surface area contributed by atoms with Crippen LogP contribution in [0, 0.1) is 41.5 Å². The van der Waals surface area contributed by atoms with Gasteiger partial charge >= 0.3 is 0 Å². The third-order valence-electron chi connectivity index (χ3n) is 8.26. The number of phenolic OH excluding ortho intramolecular Hbond substituents is 3. The van der Waals surface area contributed by atoms with E-state index in [1.165, 1.54) is 22.3 Å². The van der Waals surface area contributed by atoms with E-state index < -0.39 is 0 Å². The van der Waals surface area contributed by atoms with E-state index >= 15 is 0 Å². The van der Waals surface area contributed by atoms with E-state index in [0.717, 1.165) is 46.2 Å². The first-order chi connectivity index (χ1) is 15.3. The SMILES string of the molecule is Cc1cc(C2(C)CCC(C)(c3cc(C)c(O)c(C)c3)c3c2cc(C)c(O)c3C)cc(C)c1O. The zero-order chi connectivity index (χ0) is 24.5. The summed E-state index contributed by atoms with van der Waals surface area (Å²) in [5.74, 6) is 1.06. The molecule has 3 aromatic carbocycles. The van der Waals surface area contributed by atoms with Gasteiger partial charge in [0.1, 0.15) is 17.2 Å². The number of rotatable bonds is 2. The Morgan fingerprint density at radius 3 is 1.36 bits per heavy atom. The Kier molecular flexibility index (Phi) is 5.31. The van der Waals surface area contributed by atoms with Crippen LogP contribution < -0.4 is 0 Å². The normalized spacial score (nSPS) is 22.3. The van der Waals surface area contributed by atoms with E-state index in [0.29, 0.717) is 17.2 Å². The Labute approximate surface area is 197 Å². The molecule has 33 heavy (non-hydrogen) atoms. The van der Waals surface area contributed by atoms with Gasteiger partial charge in [0.05, 0.1) is 0 Å². The molecule has 0 saturated heterocycles. The van der Waals surface area contributed by atoms with Gasteiger partial charge in [0, 0.05) is 10.8 Å². The molecule has 0 amide bonds. The first-order valence-corrected chi connectivity index (χ1v) is 11.8. The number of hydrogen-bond acceptors (Lipinski definition) is 3. The van der Waals surface area contributed by atoms with Crippen molar-refractivity contribution in [1.82, 2.24) is 0 Å². The van der Waals surface area contributed by atoms with E-state index in [4.69, 9.17) is 0 Å². The summed E-state index contributed by atoms with van der Waals surface area (Å²) >= 11 is 0. The molecule has 3 N–H and O–H groups in total. The van der Waals surface area contributed by atoms with Gasteiger partial charge in [0.25, 0.3) is 0 Å². The Morgan fingerprint density at radius 1 is 0.545 bits per heavy atom. The maximum Gasteiger partial charge on any atom is 0.121 e. The summed E-state index contributed by atoms with van der Waals surface area (Å²) < 4.78 is 0. The van der Waals surface area contributed by atoms with Crippen molar-refractivity contribution in [1.29, 1.82) is 0 Å². The molecule has 0 aromatic heterocycles. The van der Waals surface area contributed by atoms with Crippen LogP contribution in [0.4, 0.5) is 0 Å². The molecule has 3 aromatic rings. The molecule has 3 heteroatoms. The number of phenols is 3. The topological polar surface area (TPSA) is 60.7 Å². The minimum Gasteiger partial charge on any atom is -0.507 e. The maximum atomic E-state index is 11.0. The van der Waals surface area contributed by atoms with Crippen LogP contribution in [0.25, 0.3) is 0 Å². The van der Waals surface area contributed by atoms with Crippen LogP contribution in [0.15, 0.2) is 30.3 Å². The highest BCUT2D eigenvalue weighted by molar-refractivity contribution is 5.62. The van der Waals surface area contributed by atoms with E-state index in [2.05, 4.69) is 44.2 Å². The molecular formula is C30H36O3. The number of fused-ring (bicyclic) bond motifs is 1. The molecule has 0 aliphatic heterocycles. The fourth-order valence-corrected chi connectivity index (χ4v) is 6.02. The zero-order valence-corrected chi connectivity index (χ0v) is 21.1. The Balaban J connectivity index is 2.05. The molecule has 0 fully saturated rings. The van der Waals surface area contributed by atoms with Gasteiger partial charge in [-0.2, -0.15) is 0 Å². The lowest BCUT2D eigenvalue weighted by molar-refractivity contribution is 0.361. The quantitative estimate of drug-likeness (QED) is 0.396. The second kappa shape index (κ2) is 7.55. The predicted molar refractivity (Wildman–Crippen MR) is 135 cm³/mol.